The summed E-state index contributed by atoms with van der Waals surface area (Å²) < 4.78 is 36.1. The molecule has 1 atom stereocenters. The second-order valence-corrected chi connectivity index (χ2v) is 4.00. The van der Waals surface area contributed by atoms with E-state index in [0.717, 1.165) is 11.5 Å². The van der Waals surface area contributed by atoms with E-state index in [4.69, 9.17) is 0 Å². The summed E-state index contributed by atoms with van der Waals surface area (Å²) in [6.45, 7) is 5.55. The van der Waals surface area contributed by atoms with Crippen LogP contribution in [-0.4, -0.2) is 29.3 Å². The van der Waals surface area contributed by atoms with Gasteiger partial charge in [0.2, 0.25) is 0 Å². The summed E-state index contributed by atoms with van der Waals surface area (Å²) in [5, 5.41) is 1.07. The Labute approximate surface area is 91.8 Å². The van der Waals surface area contributed by atoms with Crippen LogP contribution in [0.25, 0.3) is 0 Å². The molecule has 0 saturated carbocycles. The van der Waals surface area contributed by atoms with Gasteiger partial charge in [0.25, 0.3) is 0 Å². The third kappa shape index (κ3) is 2.75. The molecule has 3 nitrogen and oxygen atoms in total. The van der Waals surface area contributed by atoms with Crippen molar-refractivity contribution in [1.29, 1.82) is 0 Å². The molecular formula is C10H14F3NO2. The molecular weight excluding hydrogens is 223 g/mol. The summed E-state index contributed by atoms with van der Waals surface area (Å²) in [5.41, 5.74) is -0.709. The van der Waals surface area contributed by atoms with Crippen molar-refractivity contribution in [1.82, 2.24) is 5.06 Å². The lowest BCUT2D eigenvalue weighted by molar-refractivity contribution is -0.257. The van der Waals surface area contributed by atoms with Gasteiger partial charge in [0.05, 0.1) is 5.54 Å². The highest BCUT2D eigenvalue weighted by molar-refractivity contribution is 5.75. The van der Waals surface area contributed by atoms with Gasteiger partial charge in [0, 0.05) is 6.54 Å². The molecule has 1 aliphatic heterocycles. The van der Waals surface area contributed by atoms with Crippen molar-refractivity contribution < 1.29 is 22.8 Å². The van der Waals surface area contributed by atoms with Gasteiger partial charge in [-0.05, 0) is 26.2 Å². The first-order chi connectivity index (χ1) is 7.29. The predicted octanol–water partition coefficient (Wildman–Crippen LogP) is 2.44. The summed E-state index contributed by atoms with van der Waals surface area (Å²) in [7, 11) is 0. The number of halogens is 3. The zero-order chi connectivity index (χ0) is 12.4. The number of rotatable bonds is 2. The molecule has 92 valence electrons. The van der Waals surface area contributed by atoms with Gasteiger partial charge in [-0.3, -0.25) is 0 Å². The molecule has 6 heteroatoms. The molecule has 1 saturated heterocycles. The van der Waals surface area contributed by atoms with E-state index in [-0.39, 0.29) is 0 Å². The number of alkyl halides is 3. The zero-order valence-corrected chi connectivity index (χ0v) is 9.01. The fourth-order valence-electron chi connectivity index (χ4n) is 1.62. The average Bonchev–Trinajstić information content (AvgIpc) is 2.20. The van der Waals surface area contributed by atoms with Crippen LogP contribution in [-0.2, 0) is 9.63 Å². The maximum atomic E-state index is 12.0. The van der Waals surface area contributed by atoms with Crippen molar-refractivity contribution in [3.63, 3.8) is 0 Å². The lowest BCUT2D eigenvalue weighted by atomic mass is 9.91. The molecule has 0 radical (unpaired) electrons. The summed E-state index contributed by atoms with van der Waals surface area (Å²) >= 11 is 0. The SMILES string of the molecule is C=CC1(C)CCCCN1OC(=O)C(F)(F)F. The zero-order valence-electron chi connectivity index (χ0n) is 9.01. The van der Waals surface area contributed by atoms with Crippen molar-refractivity contribution in [2.24, 2.45) is 0 Å². The standard InChI is InChI=1S/C10H14F3NO2/c1-3-9(2)6-4-5-7-14(9)16-8(15)10(11,12)13/h3H,1,4-7H2,2H3. The minimum Gasteiger partial charge on any atom is -0.360 e. The Morgan fingerprint density at radius 2 is 2.12 bits per heavy atom. The Morgan fingerprint density at radius 1 is 1.50 bits per heavy atom. The lowest BCUT2D eigenvalue weighted by Gasteiger charge is -2.40. The first kappa shape index (κ1) is 13.0. The lowest BCUT2D eigenvalue weighted by Crippen LogP contribution is -2.50. The molecule has 0 aromatic carbocycles. The monoisotopic (exact) mass is 237 g/mol. The van der Waals surface area contributed by atoms with Crippen LogP contribution in [0.4, 0.5) is 13.2 Å². The smallest absolute Gasteiger partial charge is 0.360 e. The topological polar surface area (TPSA) is 29.5 Å². The maximum absolute atomic E-state index is 12.0. The summed E-state index contributed by atoms with van der Waals surface area (Å²) in [5.74, 6) is -2.18. The van der Waals surface area contributed by atoms with Gasteiger partial charge in [-0.15, -0.1) is 11.6 Å². The summed E-state index contributed by atoms with van der Waals surface area (Å²) in [4.78, 5) is 15.1. The van der Waals surface area contributed by atoms with Gasteiger partial charge in [0.15, 0.2) is 0 Å². The van der Waals surface area contributed by atoms with Crippen LogP contribution in [0.3, 0.4) is 0 Å². The quantitative estimate of drug-likeness (QED) is 0.691. The molecule has 0 spiro atoms. The van der Waals surface area contributed by atoms with Gasteiger partial charge < -0.3 is 4.84 Å². The largest absolute Gasteiger partial charge is 0.492 e. The first-order valence-electron chi connectivity index (χ1n) is 5.00. The van der Waals surface area contributed by atoms with Crippen LogP contribution >= 0.6 is 0 Å². The summed E-state index contributed by atoms with van der Waals surface area (Å²) in [6.07, 6.45) is -1.24. The van der Waals surface area contributed by atoms with Gasteiger partial charge >= 0.3 is 12.1 Å². The number of carbonyl (C=O) groups excluding carboxylic acids is 1. The fraction of sp³-hybridized carbons (Fsp3) is 0.700. The molecule has 1 rings (SSSR count). The number of carbonyl (C=O) groups is 1. The van der Waals surface area contributed by atoms with E-state index in [2.05, 4.69) is 11.4 Å². The van der Waals surface area contributed by atoms with Gasteiger partial charge in [-0.2, -0.15) is 13.2 Å². The van der Waals surface area contributed by atoms with E-state index < -0.39 is 17.7 Å². The molecule has 0 N–H and O–H groups in total. The van der Waals surface area contributed by atoms with Crippen molar-refractivity contribution >= 4 is 5.97 Å². The van der Waals surface area contributed by atoms with Crippen molar-refractivity contribution in [3.8, 4) is 0 Å². The minimum atomic E-state index is -4.96. The van der Waals surface area contributed by atoms with E-state index in [9.17, 15) is 18.0 Å². The third-order valence-corrected chi connectivity index (χ3v) is 2.73. The van der Waals surface area contributed by atoms with Crippen LogP contribution < -0.4 is 0 Å². The van der Waals surface area contributed by atoms with E-state index in [1.165, 1.54) is 6.08 Å². The Morgan fingerprint density at radius 3 is 2.62 bits per heavy atom. The van der Waals surface area contributed by atoms with Gasteiger partial charge in [0.1, 0.15) is 0 Å². The van der Waals surface area contributed by atoms with Crippen molar-refractivity contribution in [3.05, 3.63) is 12.7 Å². The highest BCUT2D eigenvalue weighted by Gasteiger charge is 2.45. The molecule has 1 unspecified atom stereocenters. The second-order valence-electron chi connectivity index (χ2n) is 4.00. The second kappa shape index (κ2) is 4.45. The van der Waals surface area contributed by atoms with E-state index in [1.807, 2.05) is 0 Å². The fourth-order valence-corrected chi connectivity index (χ4v) is 1.62. The number of nitrogens with zero attached hydrogens (tertiary/aromatic N) is 1. The molecule has 16 heavy (non-hydrogen) atoms. The molecule has 0 aromatic heterocycles. The van der Waals surface area contributed by atoms with E-state index >= 15 is 0 Å². The highest BCUT2D eigenvalue weighted by atomic mass is 19.4. The molecule has 1 aliphatic rings. The first-order valence-corrected chi connectivity index (χ1v) is 5.00. The predicted molar refractivity (Wildman–Crippen MR) is 51.3 cm³/mol. The van der Waals surface area contributed by atoms with Crippen LogP contribution in [0.1, 0.15) is 26.2 Å². The normalized spacial score (nSPS) is 27.5. The Kier molecular flexibility index (Phi) is 3.62. The summed E-state index contributed by atoms with van der Waals surface area (Å²) in [6, 6.07) is 0. The molecule has 0 aliphatic carbocycles. The van der Waals surface area contributed by atoms with E-state index in [0.29, 0.717) is 19.4 Å². The van der Waals surface area contributed by atoms with Gasteiger partial charge in [-0.25, -0.2) is 4.79 Å². The number of piperidine rings is 1. The van der Waals surface area contributed by atoms with Crippen LogP contribution in [0.15, 0.2) is 12.7 Å². The Hall–Kier alpha value is -1.04. The molecule has 0 aromatic rings. The maximum Gasteiger partial charge on any atom is 0.492 e. The van der Waals surface area contributed by atoms with Crippen molar-refractivity contribution in [2.45, 2.75) is 37.9 Å². The Bertz CT molecular complexity index is 290. The van der Waals surface area contributed by atoms with E-state index in [1.54, 1.807) is 6.92 Å². The molecule has 1 heterocycles. The number of hydroxylamine groups is 2. The van der Waals surface area contributed by atoms with Crippen molar-refractivity contribution in [2.75, 3.05) is 6.54 Å². The highest BCUT2D eigenvalue weighted by Crippen LogP contribution is 2.30. The third-order valence-electron chi connectivity index (χ3n) is 2.73. The van der Waals surface area contributed by atoms with Crippen LogP contribution in [0.5, 0.6) is 0 Å². The van der Waals surface area contributed by atoms with Gasteiger partial charge in [-0.1, -0.05) is 6.08 Å². The minimum absolute atomic E-state index is 0.296. The molecule has 0 bridgehead atoms. The molecule has 1 fully saturated rings. The van der Waals surface area contributed by atoms with Crippen LogP contribution in [0, 0.1) is 0 Å². The van der Waals surface area contributed by atoms with Crippen LogP contribution in [0.2, 0.25) is 0 Å². The average molecular weight is 237 g/mol. The number of hydrogen-bond acceptors (Lipinski definition) is 3. The molecule has 0 amide bonds. The Balaban J connectivity index is 2.71. The number of hydrogen-bond donors (Lipinski definition) is 0.